The summed E-state index contributed by atoms with van der Waals surface area (Å²) in [5, 5.41) is 0. The molecule has 1 nitrogen and oxygen atoms in total. The highest BCUT2D eigenvalue weighted by Crippen LogP contribution is 2.47. The first-order valence-electron chi connectivity index (χ1n) is 5.48. The van der Waals surface area contributed by atoms with Crippen LogP contribution in [0.15, 0.2) is 24.3 Å². The zero-order chi connectivity index (χ0) is 11.1. The molecule has 0 saturated heterocycles. The van der Waals surface area contributed by atoms with E-state index in [1.807, 2.05) is 24.3 Å². The second-order valence-electron chi connectivity index (χ2n) is 5.03. The molecule has 15 heavy (non-hydrogen) atoms. The number of hydrogen-bond acceptors (Lipinski definition) is 1. The second kappa shape index (κ2) is 3.31. The molecule has 1 fully saturated rings. The van der Waals surface area contributed by atoms with Crippen LogP contribution >= 0.6 is 0 Å². The minimum atomic E-state index is -1.25. The molecule has 0 aromatic heterocycles. The number of hydrogen-bond donors (Lipinski definition) is 1. The van der Waals surface area contributed by atoms with Gasteiger partial charge in [0.05, 0.1) is 0 Å². The summed E-state index contributed by atoms with van der Waals surface area (Å²) in [4.78, 5) is 0. The van der Waals surface area contributed by atoms with Crippen LogP contribution in [0.2, 0.25) is 0 Å². The predicted octanol–water partition coefficient (Wildman–Crippen LogP) is 2.88. The molecule has 0 radical (unpaired) electrons. The lowest BCUT2D eigenvalue weighted by molar-refractivity contribution is 0.221. The van der Waals surface area contributed by atoms with Crippen LogP contribution in [0.25, 0.3) is 0 Å². The van der Waals surface area contributed by atoms with Crippen molar-refractivity contribution in [3.8, 4) is 0 Å². The molecule has 0 aliphatic heterocycles. The van der Waals surface area contributed by atoms with E-state index < -0.39 is 5.67 Å². The standard InChI is InChI=1S/C13H18FN/c1-12(2,14)10-3-5-11(6-4-10)13(9-15)7-8-13/h3-6H,7-9,15H2,1-2H3. The Morgan fingerprint density at radius 2 is 1.80 bits per heavy atom. The average molecular weight is 207 g/mol. The Hall–Kier alpha value is -0.890. The number of alkyl halides is 1. The van der Waals surface area contributed by atoms with E-state index in [9.17, 15) is 4.39 Å². The first-order valence-corrected chi connectivity index (χ1v) is 5.48. The lowest BCUT2D eigenvalue weighted by atomic mass is 9.92. The Morgan fingerprint density at radius 3 is 2.13 bits per heavy atom. The van der Waals surface area contributed by atoms with Gasteiger partial charge in [-0.1, -0.05) is 24.3 Å². The van der Waals surface area contributed by atoms with Gasteiger partial charge >= 0.3 is 0 Å². The van der Waals surface area contributed by atoms with E-state index in [0.717, 1.165) is 5.56 Å². The Kier molecular flexibility index (Phi) is 2.34. The topological polar surface area (TPSA) is 26.0 Å². The summed E-state index contributed by atoms with van der Waals surface area (Å²) in [6.45, 7) is 3.86. The molecule has 1 aliphatic rings. The van der Waals surface area contributed by atoms with E-state index >= 15 is 0 Å². The molecule has 1 aliphatic carbocycles. The maximum absolute atomic E-state index is 13.6. The zero-order valence-corrected chi connectivity index (χ0v) is 9.39. The van der Waals surface area contributed by atoms with E-state index in [2.05, 4.69) is 0 Å². The van der Waals surface area contributed by atoms with Crippen molar-refractivity contribution in [3.05, 3.63) is 35.4 Å². The molecule has 0 spiro atoms. The molecular weight excluding hydrogens is 189 g/mol. The summed E-state index contributed by atoms with van der Waals surface area (Å²) >= 11 is 0. The van der Waals surface area contributed by atoms with Gasteiger partial charge in [0, 0.05) is 12.0 Å². The third-order valence-electron chi connectivity index (χ3n) is 3.43. The minimum Gasteiger partial charge on any atom is -0.330 e. The Balaban J connectivity index is 2.25. The number of benzene rings is 1. The molecule has 1 aromatic carbocycles. The second-order valence-corrected chi connectivity index (χ2v) is 5.03. The van der Waals surface area contributed by atoms with Crippen LogP contribution < -0.4 is 5.73 Å². The van der Waals surface area contributed by atoms with Crippen molar-refractivity contribution < 1.29 is 4.39 Å². The van der Waals surface area contributed by atoms with Crippen LogP contribution in [-0.4, -0.2) is 6.54 Å². The summed E-state index contributed by atoms with van der Waals surface area (Å²) in [6, 6.07) is 7.81. The smallest absolute Gasteiger partial charge is 0.130 e. The Labute approximate surface area is 90.5 Å². The number of halogens is 1. The molecule has 1 saturated carbocycles. The van der Waals surface area contributed by atoms with Crippen molar-refractivity contribution in [2.75, 3.05) is 6.54 Å². The first kappa shape index (κ1) is 10.6. The molecule has 2 heteroatoms. The van der Waals surface area contributed by atoms with Crippen molar-refractivity contribution in [2.24, 2.45) is 5.73 Å². The summed E-state index contributed by atoms with van der Waals surface area (Å²) in [7, 11) is 0. The summed E-state index contributed by atoms with van der Waals surface area (Å²) in [5.41, 5.74) is 6.70. The van der Waals surface area contributed by atoms with Crippen molar-refractivity contribution in [2.45, 2.75) is 37.8 Å². The highest BCUT2D eigenvalue weighted by atomic mass is 19.1. The van der Waals surface area contributed by atoms with Crippen LogP contribution in [0, 0.1) is 0 Å². The number of rotatable bonds is 3. The van der Waals surface area contributed by atoms with Crippen LogP contribution in [0.5, 0.6) is 0 Å². The number of nitrogens with two attached hydrogens (primary N) is 1. The Morgan fingerprint density at radius 1 is 1.27 bits per heavy atom. The largest absolute Gasteiger partial charge is 0.330 e. The molecule has 82 valence electrons. The van der Waals surface area contributed by atoms with Crippen LogP contribution in [-0.2, 0) is 11.1 Å². The van der Waals surface area contributed by atoms with E-state index in [0.29, 0.717) is 6.54 Å². The maximum atomic E-state index is 13.6. The van der Waals surface area contributed by atoms with Crippen LogP contribution in [0.4, 0.5) is 4.39 Å². The van der Waals surface area contributed by atoms with E-state index in [4.69, 9.17) is 5.73 Å². The fourth-order valence-electron chi connectivity index (χ4n) is 1.98. The molecule has 0 amide bonds. The predicted molar refractivity (Wildman–Crippen MR) is 60.5 cm³/mol. The van der Waals surface area contributed by atoms with Gasteiger partial charge in [0.2, 0.25) is 0 Å². The lowest BCUT2D eigenvalue weighted by Crippen LogP contribution is -2.20. The highest BCUT2D eigenvalue weighted by molar-refractivity contribution is 5.35. The maximum Gasteiger partial charge on any atom is 0.130 e. The molecule has 2 rings (SSSR count). The van der Waals surface area contributed by atoms with Gasteiger partial charge in [-0.15, -0.1) is 0 Å². The van der Waals surface area contributed by atoms with Gasteiger partial charge in [-0.05, 0) is 37.8 Å². The molecular formula is C13H18FN. The molecule has 0 bridgehead atoms. The van der Waals surface area contributed by atoms with Gasteiger partial charge < -0.3 is 5.73 Å². The first-order chi connectivity index (χ1) is 6.98. The molecule has 0 heterocycles. The van der Waals surface area contributed by atoms with Gasteiger partial charge in [-0.25, -0.2) is 4.39 Å². The third-order valence-corrected chi connectivity index (χ3v) is 3.43. The third kappa shape index (κ3) is 1.91. The van der Waals surface area contributed by atoms with E-state index in [1.165, 1.54) is 18.4 Å². The van der Waals surface area contributed by atoms with Crippen LogP contribution in [0.3, 0.4) is 0 Å². The van der Waals surface area contributed by atoms with Gasteiger partial charge in [0.1, 0.15) is 5.67 Å². The van der Waals surface area contributed by atoms with Gasteiger partial charge in [-0.2, -0.15) is 0 Å². The average Bonchev–Trinajstić information content (AvgIpc) is 2.97. The summed E-state index contributed by atoms with van der Waals surface area (Å²) < 4.78 is 13.6. The zero-order valence-electron chi connectivity index (χ0n) is 9.39. The van der Waals surface area contributed by atoms with Crippen molar-refractivity contribution in [1.82, 2.24) is 0 Å². The normalized spacial score (nSPS) is 18.9. The highest BCUT2D eigenvalue weighted by Gasteiger charge is 2.42. The molecule has 0 unspecified atom stereocenters. The van der Waals surface area contributed by atoms with Crippen molar-refractivity contribution in [3.63, 3.8) is 0 Å². The molecule has 2 N–H and O–H groups in total. The summed E-state index contributed by atoms with van der Waals surface area (Å²) in [6.07, 6.45) is 2.34. The van der Waals surface area contributed by atoms with Gasteiger partial charge in [-0.3, -0.25) is 0 Å². The van der Waals surface area contributed by atoms with E-state index in [1.54, 1.807) is 13.8 Å². The van der Waals surface area contributed by atoms with Gasteiger partial charge in [0.25, 0.3) is 0 Å². The molecule has 0 atom stereocenters. The van der Waals surface area contributed by atoms with Crippen LogP contribution in [0.1, 0.15) is 37.8 Å². The van der Waals surface area contributed by atoms with E-state index in [-0.39, 0.29) is 5.41 Å². The lowest BCUT2D eigenvalue weighted by Gasteiger charge is -2.17. The fourth-order valence-corrected chi connectivity index (χ4v) is 1.98. The summed E-state index contributed by atoms with van der Waals surface area (Å²) in [5.74, 6) is 0. The van der Waals surface area contributed by atoms with Gasteiger partial charge in [0.15, 0.2) is 0 Å². The quantitative estimate of drug-likeness (QED) is 0.810. The van der Waals surface area contributed by atoms with Crippen molar-refractivity contribution in [1.29, 1.82) is 0 Å². The Bertz CT molecular complexity index is 344. The molecule has 1 aromatic rings. The van der Waals surface area contributed by atoms with Crippen molar-refractivity contribution >= 4 is 0 Å². The SMILES string of the molecule is CC(C)(F)c1ccc(C2(CN)CC2)cc1. The monoisotopic (exact) mass is 207 g/mol. The fraction of sp³-hybridized carbons (Fsp3) is 0.538. The minimum absolute atomic E-state index is 0.207.